The Hall–Kier alpha value is -5.13. The fourth-order valence-electron chi connectivity index (χ4n) is 5.46. The van der Waals surface area contributed by atoms with Gasteiger partial charge >= 0.3 is 5.97 Å². The summed E-state index contributed by atoms with van der Waals surface area (Å²) in [6, 6.07) is 11.3. The maximum Gasteiger partial charge on any atom is 0.337 e. The van der Waals surface area contributed by atoms with Gasteiger partial charge in [0, 0.05) is 44.2 Å². The number of fused-ring (bicyclic) bond motifs is 2. The van der Waals surface area contributed by atoms with E-state index in [4.69, 9.17) is 9.47 Å². The first kappa shape index (κ1) is 31.3. The van der Waals surface area contributed by atoms with Crippen LogP contribution in [0.2, 0.25) is 0 Å². The van der Waals surface area contributed by atoms with E-state index in [2.05, 4.69) is 20.4 Å². The number of nitrogens with one attached hydrogen (secondary N) is 2. The lowest BCUT2D eigenvalue weighted by Crippen LogP contribution is -2.40. The van der Waals surface area contributed by atoms with Gasteiger partial charge in [-0.3, -0.25) is 19.4 Å². The molecule has 45 heavy (non-hydrogen) atoms. The van der Waals surface area contributed by atoms with Crippen molar-refractivity contribution in [3.05, 3.63) is 65.5 Å². The monoisotopic (exact) mass is 615 g/mol. The van der Waals surface area contributed by atoms with Crippen LogP contribution in [0.1, 0.15) is 69.7 Å². The molecule has 12 nitrogen and oxygen atoms in total. The summed E-state index contributed by atoms with van der Waals surface area (Å²) in [6.45, 7) is 0.954. The molecule has 3 amide bonds. The van der Waals surface area contributed by atoms with Gasteiger partial charge in [-0.2, -0.15) is 0 Å². The minimum absolute atomic E-state index is 0.0111. The van der Waals surface area contributed by atoms with Gasteiger partial charge in [0.25, 0.3) is 11.8 Å². The molecule has 2 N–H and O–H groups in total. The molecule has 5 rings (SSSR count). The van der Waals surface area contributed by atoms with E-state index >= 15 is 0 Å². The number of rotatable bonds is 10. The molecule has 3 aromatic rings. The molecule has 3 heterocycles. The highest BCUT2D eigenvalue weighted by molar-refractivity contribution is 6.05. The van der Waals surface area contributed by atoms with Crippen LogP contribution in [-0.2, 0) is 16.6 Å². The molecule has 2 aliphatic rings. The predicted octanol–water partition coefficient (Wildman–Crippen LogP) is 4.97. The number of nitrogens with zero attached hydrogens (tertiary/aromatic N) is 3. The number of aliphatic imine (C=N–C) groups is 1. The number of carbonyl (C=O) groups excluding carboxylic acids is 4. The van der Waals surface area contributed by atoms with Crippen LogP contribution in [0.3, 0.4) is 0 Å². The predicted molar refractivity (Wildman–Crippen MR) is 169 cm³/mol. The zero-order valence-corrected chi connectivity index (χ0v) is 25.6. The molecule has 0 aliphatic carbocycles. The van der Waals surface area contributed by atoms with Gasteiger partial charge < -0.3 is 34.3 Å². The second-order valence-electron chi connectivity index (χ2n) is 11.0. The summed E-state index contributed by atoms with van der Waals surface area (Å²) >= 11 is 0. The van der Waals surface area contributed by atoms with Crippen molar-refractivity contribution in [2.75, 3.05) is 38.0 Å². The third-order valence-corrected chi connectivity index (χ3v) is 7.85. The van der Waals surface area contributed by atoms with Gasteiger partial charge in [0.15, 0.2) is 11.5 Å². The van der Waals surface area contributed by atoms with Crippen LogP contribution in [0.5, 0.6) is 11.5 Å². The number of hydrogen-bond acceptors (Lipinski definition) is 8. The second-order valence-corrected chi connectivity index (χ2v) is 11.0. The molecule has 12 heteroatoms. The molecule has 0 bridgehead atoms. The van der Waals surface area contributed by atoms with E-state index in [0.717, 1.165) is 25.7 Å². The summed E-state index contributed by atoms with van der Waals surface area (Å²) < 4.78 is 17.8. The van der Waals surface area contributed by atoms with Gasteiger partial charge in [-0.05, 0) is 55.7 Å². The van der Waals surface area contributed by atoms with Crippen molar-refractivity contribution in [2.24, 2.45) is 12.0 Å². The minimum Gasteiger partial charge on any atom is -0.493 e. The molecule has 1 unspecified atom stereocenters. The van der Waals surface area contributed by atoms with Crippen LogP contribution in [0, 0.1) is 0 Å². The van der Waals surface area contributed by atoms with E-state index in [9.17, 15) is 19.2 Å². The molecule has 1 atom stereocenters. The van der Waals surface area contributed by atoms with Gasteiger partial charge in [-0.15, -0.1) is 0 Å². The highest BCUT2D eigenvalue weighted by Gasteiger charge is 2.30. The fraction of sp³-hybridized carbons (Fsp3) is 0.364. The summed E-state index contributed by atoms with van der Waals surface area (Å²) in [5.74, 6) is -0.224. The lowest BCUT2D eigenvalue weighted by Gasteiger charge is -2.26. The number of amides is 3. The molecule has 0 spiro atoms. The topological polar surface area (TPSA) is 141 Å². The normalized spacial score (nSPS) is 15.7. The van der Waals surface area contributed by atoms with Crippen molar-refractivity contribution in [1.82, 2.24) is 9.47 Å². The zero-order chi connectivity index (χ0) is 31.9. The van der Waals surface area contributed by atoms with Gasteiger partial charge in [0.2, 0.25) is 5.91 Å². The van der Waals surface area contributed by atoms with Crippen molar-refractivity contribution in [3.8, 4) is 11.5 Å². The lowest BCUT2D eigenvalue weighted by atomic mass is 10.1. The van der Waals surface area contributed by atoms with Crippen LogP contribution >= 0.6 is 0 Å². The Bertz CT molecular complexity index is 1610. The fourth-order valence-corrected chi connectivity index (χ4v) is 5.46. The van der Waals surface area contributed by atoms with Gasteiger partial charge in [0.1, 0.15) is 5.69 Å². The van der Waals surface area contributed by atoms with Crippen LogP contribution in [0.25, 0.3) is 0 Å². The summed E-state index contributed by atoms with van der Waals surface area (Å²) in [6.07, 6.45) is 8.17. The third kappa shape index (κ3) is 7.34. The van der Waals surface area contributed by atoms with Crippen molar-refractivity contribution in [3.63, 3.8) is 0 Å². The maximum atomic E-state index is 13.3. The Morgan fingerprint density at radius 2 is 1.78 bits per heavy atom. The number of aryl methyl sites for hydroxylation is 1. The second kappa shape index (κ2) is 14.1. The highest BCUT2D eigenvalue weighted by Crippen LogP contribution is 2.37. The van der Waals surface area contributed by atoms with E-state index in [1.165, 1.54) is 14.2 Å². The Balaban J connectivity index is 1.14. The highest BCUT2D eigenvalue weighted by atomic mass is 16.5. The van der Waals surface area contributed by atoms with E-state index in [-0.39, 0.29) is 36.8 Å². The number of esters is 1. The molecule has 0 saturated carbocycles. The van der Waals surface area contributed by atoms with Crippen LogP contribution in [-0.4, -0.2) is 72.8 Å². The summed E-state index contributed by atoms with van der Waals surface area (Å²) in [7, 11) is 4.53. The number of hydrogen-bond donors (Lipinski definition) is 2. The largest absolute Gasteiger partial charge is 0.493 e. The Morgan fingerprint density at radius 3 is 2.53 bits per heavy atom. The third-order valence-electron chi connectivity index (χ3n) is 7.85. The first-order valence-corrected chi connectivity index (χ1v) is 14.9. The molecule has 236 valence electrons. The summed E-state index contributed by atoms with van der Waals surface area (Å²) in [5, 5.41) is 5.59. The molecule has 0 radical (unpaired) electrons. The zero-order valence-electron chi connectivity index (χ0n) is 25.6. The average molecular weight is 616 g/mol. The van der Waals surface area contributed by atoms with Gasteiger partial charge in [-0.1, -0.05) is 12.8 Å². The number of carbonyl (C=O) groups is 4. The molecule has 1 aromatic heterocycles. The Kier molecular flexibility index (Phi) is 9.81. The molecular formula is C33H37N5O7. The van der Waals surface area contributed by atoms with E-state index in [1.54, 1.807) is 60.3 Å². The standard InChI is InChI=1S/C33H37N5O7/c1-37-20-23(16-27(37)31(40)36-22-12-10-21(11-13-22)33(42)44-3)35-30(39)9-7-15-45-29-18-26-25(17-28(29)43-2)32(41)38-14-6-4-5-8-24(38)19-34-26/h10-13,16-20,24H,4-9,14-15H2,1-3H3,(H,35,39)(H,36,40). The number of methoxy groups -OCH3 is 2. The van der Waals surface area contributed by atoms with Crippen molar-refractivity contribution < 1.29 is 33.4 Å². The van der Waals surface area contributed by atoms with Crippen LogP contribution < -0.4 is 20.1 Å². The lowest BCUT2D eigenvalue weighted by molar-refractivity contribution is -0.116. The van der Waals surface area contributed by atoms with Crippen molar-refractivity contribution in [2.45, 2.75) is 44.6 Å². The van der Waals surface area contributed by atoms with Gasteiger partial charge in [0.05, 0.1) is 49.4 Å². The van der Waals surface area contributed by atoms with Gasteiger partial charge in [-0.25, -0.2) is 4.79 Å². The quantitative estimate of drug-likeness (QED) is 0.242. The van der Waals surface area contributed by atoms with E-state index in [0.29, 0.717) is 58.3 Å². The SMILES string of the molecule is COC(=O)c1ccc(NC(=O)c2cc(NC(=O)CCCOc3cc4c(cc3OC)C(=O)N3CCCCCC3C=N4)cn2C)cc1. The molecular weight excluding hydrogens is 578 g/mol. The average Bonchev–Trinajstić information content (AvgIpc) is 3.18. The number of aromatic nitrogens is 1. The number of benzene rings is 2. The van der Waals surface area contributed by atoms with Crippen molar-refractivity contribution in [1.29, 1.82) is 0 Å². The molecule has 1 saturated heterocycles. The number of ether oxygens (including phenoxy) is 3. The van der Waals surface area contributed by atoms with E-state index in [1.807, 2.05) is 11.1 Å². The maximum absolute atomic E-state index is 13.3. The minimum atomic E-state index is -0.464. The molecule has 1 fully saturated rings. The van der Waals surface area contributed by atoms with Crippen LogP contribution in [0.4, 0.5) is 17.1 Å². The first-order chi connectivity index (χ1) is 21.8. The smallest absolute Gasteiger partial charge is 0.337 e. The summed E-state index contributed by atoms with van der Waals surface area (Å²) in [5.41, 5.74) is 2.74. The van der Waals surface area contributed by atoms with Crippen molar-refractivity contribution >= 4 is 47.0 Å². The summed E-state index contributed by atoms with van der Waals surface area (Å²) in [4.78, 5) is 57.0. The molecule has 2 aromatic carbocycles. The van der Waals surface area contributed by atoms with Crippen LogP contribution in [0.15, 0.2) is 53.7 Å². The molecule has 2 aliphatic heterocycles. The number of anilines is 2. The van der Waals surface area contributed by atoms with E-state index < -0.39 is 5.97 Å². The Morgan fingerprint density at radius 1 is 0.978 bits per heavy atom. The first-order valence-electron chi connectivity index (χ1n) is 14.9. The Labute approximate surface area is 261 Å².